The molecule has 0 aromatic heterocycles. The van der Waals surface area contributed by atoms with Gasteiger partial charge in [0.05, 0.1) is 6.42 Å². The second kappa shape index (κ2) is 2.79. The quantitative estimate of drug-likeness (QED) is 0.417. The van der Waals surface area contributed by atoms with E-state index in [1.807, 2.05) is 13.8 Å². The topological polar surface area (TPSA) is 34.1 Å². The third-order valence-electron chi connectivity index (χ3n) is 3.33. The summed E-state index contributed by atoms with van der Waals surface area (Å²) >= 11 is 0. The largest absolute Gasteiger partial charge is 0.299 e. The van der Waals surface area contributed by atoms with Crippen LogP contribution in [-0.2, 0) is 9.59 Å². The monoisotopic (exact) mass is 178 g/mol. The molecule has 0 spiro atoms. The van der Waals surface area contributed by atoms with Crippen molar-refractivity contribution in [2.45, 2.75) is 20.3 Å². The van der Waals surface area contributed by atoms with Gasteiger partial charge in [-0.3, -0.25) is 9.59 Å². The van der Waals surface area contributed by atoms with Gasteiger partial charge in [0.2, 0.25) is 0 Å². The second-order valence-electron chi connectivity index (χ2n) is 4.26. The SMILES string of the molecule is C[C@@H]1C=C[C@H](C)[C@@H]2C(=O)CC(=O)[C@@H]21. The van der Waals surface area contributed by atoms with Crippen molar-refractivity contribution >= 4 is 11.6 Å². The highest BCUT2D eigenvalue weighted by Crippen LogP contribution is 2.40. The van der Waals surface area contributed by atoms with E-state index in [1.54, 1.807) is 0 Å². The summed E-state index contributed by atoms with van der Waals surface area (Å²) in [6.07, 6.45) is 4.32. The molecule has 0 N–H and O–H groups in total. The molecular weight excluding hydrogens is 164 g/mol. The summed E-state index contributed by atoms with van der Waals surface area (Å²) in [5.74, 6) is 0.762. The lowest BCUT2D eigenvalue weighted by atomic mass is 9.73. The van der Waals surface area contributed by atoms with Gasteiger partial charge in [-0.25, -0.2) is 0 Å². The van der Waals surface area contributed by atoms with Crippen molar-refractivity contribution in [1.29, 1.82) is 0 Å². The minimum Gasteiger partial charge on any atom is -0.299 e. The molecule has 2 heteroatoms. The van der Waals surface area contributed by atoms with Crippen molar-refractivity contribution in [3.8, 4) is 0 Å². The smallest absolute Gasteiger partial charge is 0.144 e. The molecule has 1 fully saturated rings. The molecule has 0 amide bonds. The number of hydrogen-bond donors (Lipinski definition) is 0. The molecule has 0 radical (unpaired) electrons. The van der Waals surface area contributed by atoms with Crippen LogP contribution in [0.5, 0.6) is 0 Å². The van der Waals surface area contributed by atoms with Crippen LogP contribution in [0, 0.1) is 23.7 Å². The minimum atomic E-state index is -0.0208. The lowest BCUT2D eigenvalue weighted by Crippen LogP contribution is -2.31. The third kappa shape index (κ3) is 1.16. The standard InChI is InChI=1S/C11H14O2/c1-6-3-4-7(2)11-9(13)5-8(12)10(6)11/h3-4,6-7,10-11H,5H2,1-2H3/t6-,7+,10+,11-. The van der Waals surface area contributed by atoms with Gasteiger partial charge in [-0.05, 0) is 11.8 Å². The Bertz CT molecular complexity index is 262. The summed E-state index contributed by atoms with van der Waals surface area (Å²) in [7, 11) is 0. The fourth-order valence-corrected chi connectivity index (χ4v) is 2.64. The normalized spacial score (nSPS) is 43.8. The molecule has 0 aromatic carbocycles. The molecule has 0 heterocycles. The first-order valence-corrected chi connectivity index (χ1v) is 4.85. The van der Waals surface area contributed by atoms with Crippen molar-refractivity contribution in [3.05, 3.63) is 12.2 Å². The van der Waals surface area contributed by atoms with Gasteiger partial charge < -0.3 is 0 Å². The van der Waals surface area contributed by atoms with E-state index in [0.29, 0.717) is 0 Å². The van der Waals surface area contributed by atoms with Crippen LogP contribution in [0.4, 0.5) is 0 Å². The molecule has 2 aliphatic carbocycles. The molecule has 13 heavy (non-hydrogen) atoms. The summed E-state index contributed by atoms with van der Waals surface area (Å²) in [4.78, 5) is 23.0. The van der Waals surface area contributed by atoms with Crippen molar-refractivity contribution < 1.29 is 9.59 Å². The lowest BCUT2D eigenvalue weighted by molar-refractivity contribution is -0.123. The zero-order chi connectivity index (χ0) is 9.59. The van der Waals surface area contributed by atoms with Crippen LogP contribution in [0.15, 0.2) is 12.2 Å². The van der Waals surface area contributed by atoms with Gasteiger partial charge in [-0.15, -0.1) is 0 Å². The van der Waals surface area contributed by atoms with Gasteiger partial charge in [0.25, 0.3) is 0 Å². The van der Waals surface area contributed by atoms with E-state index < -0.39 is 0 Å². The van der Waals surface area contributed by atoms with E-state index in [9.17, 15) is 9.59 Å². The number of fused-ring (bicyclic) bond motifs is 1. The third-order valence-corrected chi connectivity index (χ3v) is 3.33. The lowest BCUT2D eigenvalue weighted by Gasteiger charge is -2.29. The summed E-state index contributed by atoms with van der Waals surface area (Å²) in [5.41, 5.74) is 0. The molecule has 0 aliphatic heterocycles. The van der Waals surface area contributed by atoms with Gasteiger partial charge in [0, 0.05) is 11.8 Å². The van der Waals surface area contributed by atoms with Gasteiger partial charge in [-0.1, -0.05) is 26.0 Å². The van der Waals surface area contributed by atoms with E-state index >= 15 is 0 Å². The maximum Gasteiger partial charge on any atom is 0.144 e. The van der Waals surface area contributed by atoms with Gasteiger partial charge in [0.15, 0.2) is 0 Å². The van der Waals surface area contributed by atoms with E-state index in [2.05, 4.69) is 12.2 Å². The number of rotatable bonds is 0. The molecular formula is C11H14O2. The number of allylic oxidation sites excluding steroid dienone is 2. The van der Waals surface area contributed by atoms with Crippen molar-refractivity contribution in [3.63, 3.8) is 0 Å². The molecule has 0 bridgehead atoms. The summed E-state index contributed by atoms with van der Waals surface area (Å²) in [6, 6.07) is 0. The first kappa shape index (κ1) is 8.67. The Labute approximate surface area is 78.0 Å². The van der Waals surface area contributed by atoms with E-state index in [-0.39, 0.29) is 41.7 Å². The number of hydrogen-bond acceptors (Lipinski definition) is 2. The fraction of sp³-hybridized carbons (Fsp3) is 0.636. The highest BCUT2D eigenvalue weighted by molar-refractivity contribution is 6.09. The van der Waals surface area contributed by atoms with Crippen LogP contribution in [0.25, 0.3) is 0 Å². The van der Waals surface area contributed by atoms with Crippen LogP contribution in [-0.4, -0.2) is 11.6 Å². The predicted octanol–water partition coefficient (Wildman–Crippen LogP) is 1.60. The maximum atomic E-state index is 11.5. The summed E-state index contributed by atoms with van der Waals surface area (Å²) in [5, 5.41) is 0. The van der Waals surface area contributed by atoms with E-state index in [4.69, 9.17) is 0 Å². The average Bonchev–Trinajstić information content (AvgIpc) is 2.36. The number of carbonyl (C=O) groups is 2. The first-order valence-electron chi connectivity index (χ1n) is 4.85. The average molecular weight is 178 g/mol. The number of Topliss-reactive ketones (excluding diaryl/α,β-unsaturated/α-hetero) is 2. The highest BCUT2D eigenvalue weighted by Gasteiger charge is 2.47. The Hall–Kier alpha value is -0.920. The number of ketones is 2. The number of carbonyl (C=O) groups excluding carboxylic acids is 2. The molecule has 4 atom stereocenters. The molecule has 2 aliphatic rings. The molecule has 0 saturated heterocycles. The molecule has 2 nitrogen and oxygen atoms in total. The zero-order valence-electron chi connectivity index (χ0n) is 7.99. The van der Waals surface area contributed by atoms with Crippen molar-refractivity contribution in [2.24, 2.45) is 23.7 Å². The fourth-order valence-electron chi connectivity index (χ4n) is 2.64. The highest BCUT2D eigenvalue weighted by atomic mass is 16.2. The molecule has 1 saturated carbocycles. The summed E-state index contributed by atoms with van der Waals surface area (Å²) in [6.45, 7) is 4.05. The van der Waals surface area contributed by atoms with E-state index in [0.717, 1.165) is 0 Å². The Morgan fingerprint density at radius 1 is 1.00 bits per heavy atom. The molecule has 70 valence electrons. The minimum absolute atomic E-state index is 0.0208. The summed E-state index contributed by atoms with van der Waals surface area (Å²) < 4.78 is 0. The first-order chi connectivity index (χ1) is 6.11. The van der Waals surface area contributed by atoms with Crippen molar-refractivity contribution in [2.75, 3.05) is 0 Å². The second-order valence-corrected chi connectivity index (χ2v) is 4.26. The van der Waals surface area contributed by atoms with Gasteiger partial charge >= 0.3 is 0 Å². The Kier molecular flexibility index (Phi) is 1.86. The van der Waals surface area contributed by atoms with E-state index in [1.165, 1.54) is 0 Å². The molecule has 0 aromatic rings. The van der Waals surface area contributed by atoms with Crippen LogP contribution in [0.2, 0.25) is 0 Å². The Morgan fingerprint density at radius 3 is 1.77 bits per heavy atom. The zero-order valence-corrected chi connectivity index (χ0v) is 7.99. The predicted molar refractivity (Wildman–Crippen MR) is 49.1 cm³/mol. The van der Waals surface area contributed by atoms with Crippen LogP contribution < -0.4 is 0 Å². The Balaban J connectivity index is 2.38. The molecule has 0 unspecified atom stereocenters. The maximum absolute atomic E-state index is 11.5. The molecule has 2 rings (SSSR count). The van der Waals surface area contributed by atoms with Crippen LogP contribution >= 0.6 is 0 Å². The van der Waals surface area contributed by atoms with Crippen LogP contribution in [0.1, 0.15) is 20.3 Å². The van der Waals surface area contributed by atoms with Gasteiger partial charge in [-0.2, -0.15) is 0 Å². The van der Waals surface area contributed by atoms with Crippen LogP contribution in [0.3, 0.4) is 0 Å². The van der Waals surface area contributed by atoms with Gasteiger partial charge in [0.1, 0.15) is 11.6 Å². The van der Waals surface area contributed by atoms with Crippen molar-refractivity contribution in [1.82, 2.24) is 0 Å². The Morgan fingerprint density at radius 2 is 1.38 bits per heavy atom.